The second-order valence-corrected chi connectivity index (χ2v) is 6.15. The number of benzene rings is 2. The van der Waals surface area contributed by atoms with Gasteiger partial charge in [0.15, 0.2) is 0 Å². The van der Waals surface area contributed by atoms with Crippen molar-refractivity contribution in [3.05, 3.63) is 54.4 Å². The molecule has 0 radical (unpaired) electrons. The van der Waals surface area contributed by atoms with E-state index < -0.39 is 21.5 Å². The Bertz CT molecular complexity index is 833. The van der Waals surface area contributed by atoms with Gasteiger partial charge in [0, 0.05) is 11.3 Å². The smallest absolute Gasteiger partial charge is 0.264 e. The molecule has 0 saturated heterocycles. The van der Waals surface area contributed by atoms with Gasteiger partial charge < -0.3 is 16.6 Å². The molecular formula is C14H14FN3O3S. The van der Waals surface area contributed by atoms with Crippen LogP contribution in [0.4, 0.5) is 21.5 Å². The van der Waals surface area contributed by atoms with Crippen molar-refractivity contribution in [2.45, 2.75) is 4.90 Å². The molecule has 0 aromatic heterocycles. The molecule has 22 heavy (non-hydrogen) atoms. The summed E-state index contributed by atoms with van der Waals surface area (Å²) in [5.74, 6) is -0.924. The third kappa shape index (κ3) is 2.96. The van der Waals surface area contributed by atoms with E-state index in [-0.39, 0.29) is 22.0 Å². The van der Waals surface area contributed by atoms with E-state index in [1.54, 1.807) is 0 Å². The molecule has 0 aliphatic heterocycles. The normalized spacial score (nSPS) is 11.1. The van der Waals surface area contributed by atoms with Crippen molar-refractivity contribution in [3.8, 4) is 0 Å². The molecule has 0 fully saturated rings. The van der Waals surface area contributed by atoms with Crippen LogP contribution in [0.5, 0.6) is 0 Å². The Morgan fingerprint density at radius 3 is 2.23 bits per heavy atom. The van der Waals surface area contributed by atoms with Crippen LogP contribution in [-0.4, -0.2) is 13.5 Å². The van der Waals surface area contributed by atoms with E-state index in [1.807, 2.05) is 0 Å². The van der Waals surface area contributed by atoms with Crippen LogP contribution < -0.4 is 16.2 Å². The van der Waals surface area contributed by atoms with Crippen LogP contribution in [0.25, 0.3) is 5.76 Å². The fourth-order valence-corrected chi connectivity index (χ4v) is 2.97. The van der Waals surface area contributed by atoms with Crippen LogP contribution in [0.1, 0.15) is 5.56 Å². The van der Waals surface area contributed by atoms with E-state index >= 15 is 0 Å². The molecular weight excluding hydrogens is 309 g/mol. The molecule has 2 aromatic carbocycles. The van der Waals surface area contributed by atoms with E-state index in [2.05, 4.69) is 11.3 Å². The van der Waals surface area contributed by atoms with Gasteiger partial charge in [-0.25, -0.2) is 12.8 Å². The zero-order chi connectivity index (χ0) is 16.5. The highest BCUT2D eigenvalue weighted by Crippen LogP contribution is 2.28. The lowest BCUT2D eigenvalue weighted by molar-refractivity contribution is 0.514. The van der Waals surface area contributed by atoms with E-state index in [1.165, 1.54) is 24.3 Å². The van der Waals surface area contributed by atoms with Gasteiger partial charge in [-0.05, 0) is 36.4 Å². The van der Waals surface area contributed by atoms with Crippen LogP contribution in [0.15, 0.2) is 47.9 Å². The minimum absolute atomic E-state index is 0.134. The third-order valence-electron chi connectivity index (χ3n) is 2.95. The number of sulfonamides is 1. The standard InChI is InChI=1S/C14H14FN3O3S/c1-8(19)9-2-4-10(5-3-9)18-22(20,21)12-7-6-11(15)13(16)14(12)17/h2-7,18-19H,1,16-17H2. The maximum absolute atomic E-state index is 13.2. The van der Waals surface area contributed by atoms with Gasteiger partial charge in [-0.1, -0.05) is 6.58 Å². The molecule has 0 unspecified atom stereocenters. The third-order valence-corrected chi connectivity index (χ3v) is 4.39. The molecule has 0 aliphatic carbocycles. The van der Waals surface area contributed by atoms with E-state index in [9.17, 15) is 17.9 Å². The fraction of sp³-hybridized carbons (Fsp3) is 0. The van der Waals surface area contributed by atoms with Gasteiger partial charge in [-0.3, -0.25) is 4.72 Å². The average molecular weight is 323 g/mol. The van der Waals surface area contributed by atoms with Crippen molar-refractivity contribution in [3.63, 3.8) is 0 Å². The molecule has 0 aliphatic rings. The van der Waals surface area contributed by atoms with E-state index in [4.69, 9.17) is 11.5 Å². The van der Waals surface area contributed by atoms with Gasteiger partial charge >= 0.3 is 0 Å². The lowest BCUT2D eigenvalue weighted by Crippen LogP contribution is -2.16. The summed E-state index contributed by atoms with van der Waals surface area (Å²) >= 11 is 0. The molecule has 0 saturated carbocycles. The summed E-state index contributed by atoms with van der Waals surface area (Å²) in [6.07, 6.45) is 0. The summed E-state index contributed by atoms with van der Waals surface area (Å²) in [4.78, 5) is -0.318. The van der Waals surface area contributed by atoms with Crippen molar-refractivity contribution in [1.82, 2.24) is 0 Å². The van der Waals surface area contributed by atoms with Crippen molar-refractivity contribution >= 4 is 32.8 Å². The van der Waals surface area contributed by atoms with Crippen molar-refractivity contribution < 1.29 is 17.9 Å². The Balaban J connectivity index is 2.36. The molecule has 0 atom stereocenters. The Kier molecular flexibility index (Phi) is 3.96. The summed E-state index contributed by atoms with van der Waals surface area (Å²) in [5, 5.41) is 9.22. The number of anilines is 3. The number of aliphatic hydroxyl groups is 1. The van der Waals surface area contributed by atoms with Crippen molar-refractivity contribution in [1.29, 1.82) is 0 Å². The molecule has 0 spiro atoms. The Labute approximate surface area is 126 Å². The highest BCUT2D eigenvalue weighted by atomic mass is 32.2. The molecule has 2 rings (SSSR count). The van der Waals surface area contributed by atoms with Crippen LogP contribution >= 0.6 is 0 Å². The maximum atomic E-state index is 13.2. The number of nitrogens with two attached hydrogens (primary N) is 2. The van der Waals surface area contributed by atoms with Gasteiger partial charge in [-0.15, -0.1) is 0 Å². The first-order valence-corrected chi connectivity index (χ1v) is 7.55. The zero-order valence-electron chi connectivity index (χ0n) is 11.4. The molecule has 2 aromatic rings. The fourth-order valence-electron chi connectivity index (χ4n) is 1.76. The summed E-state index contributed by atoms with van der Waals surface area (Å²) in [6, 6.07) is 7.83. The first kappa shape index (κ1) is 15.6. The topological polar surface area (TPSA) is 118 Å². The molecule has 8 heteroatoms. The van der Waals surface area contributed by atoms with Crippen LogP contribution in [0.3, 0.4) is 0 Å². The zero-order valence-corrected chi connectivity index (χ0v) is 12.2. The highest BCUT2D eigenvalue weighted by molar-refractivity contribution is 7.92. The quantitative estimate of drug-likeness (QED) is 0.508. The van der Waals surface area contributed by atoms with Gasteiger partial charge in [-0.2, -0.15) is 0 Å². The predicted octanol–water partition coefficient (Wildman–Crippen LogP) is 2.32. The second-order valence-electron chi connectivity index (χ2n) is 4.50. The SMILES string of the molecule is C=C(O)c1ccc(NS(=O)(=O)c2ccc(F)c(N)c2N)cc1. The molecule has 116 valence electrons. The summed E-state index contributed by atoms with van der Waals surface area (Å²) in [7, 11) is -4.02. The number of hydrogen-bond acceptors (Lipinski definition) is 5. The van der Waals surface area contributed by atoms with Gasteiger partial charge in [0.25, 0.3) is 10.0 Å². The summed E-state index contributed by atoms with van der Waals surface area (Å²) in [6.45, 7) is 3.36. The molecule has 0 bridgehead atoms. The van der Waals surface area contributed by atoms with Crippen LogP contribution in [0, 0.1) is 5.82 Å². The van der Waals surface area contributed by atoms with Crippen LogP contribution in [0.2, 0.25) is 0 Å². The lowest BCUT2D eigenvalue weighted by Gasteiger charge is -2.12. The van der Waals surface area contributed by atoms with Gasteiger partial charge in [0.1, 0.15) is 16.5 Å². The number of hydrogen-bond donors (Lipinski definition) is 4. The first-order valence-electron chi connectivity index (χ1n) is 6.07. The number of nitrogen functional groups attached to an aromatic ring is 2. The minimum atomic E-state index is -4.02. The summed E-state index contributed by atoms with van der Waals surface area (Å²) in [5.41, 5.74) is 10.9. The molecule has 0 heterocycles. The second kappa shape index (κ2) is 5.57. The van der Waals surface area contributed by atoms with Crippen LogP contribution in [-0.2, 0) is 10.0 Å². The Hall–Kier alpha value is -2.74. The number of nitrogens with one attached hydrogen (secondary N) is 1. The van der Waals surface area contributed by atoms with Gasteiger partial charge in [0.2, 0.25) is 0 Å². The lowest BCUT2D eigenvalue weighted by atomic mass is 10.2. The minimum Gasteiger partial charge on any atom is -0.508 e. The predicted molar refractivity (Wildman–Crippen MR) is 84.1 cm³/mol. The largest absolute Gasteiger partial charge is 0.508 e. The molecule has 6 nitrogen and oxygen atoms in total. The van der Waals surface area contributed by atoms with Gasteiger partial charge in [0.05, 0.1) is 11.4 Å². The monoisotopic (exact) mass is 323 g/mol. The molecule has 6 N–H and O–H groups in total. The Morgan fingerprint density at radius 1 is 1.09 bits per heavy atom. The van der Waals surface area contributed by atoms with E-state index in [0.29, 0.717) is 5.56 Å². The average Bonchev–Trinajstić information content (AvgIpc) is 2.44. The maximum Gasteiger partial charge on any atom is 0.264 e. The summed E-state index contributed by atoms with van der Waals surface area (Å²) < 4.78 is 40.1. The first-order chi connectivity index (χ1) is 10.2. The molecule has 0 amide bonds. The number of halogens is 1. The number of rotatable bonds is 4. The number of aliphatic hydroxyl groups excluding tert-OH is 1. The van der Waals surface area contributed by atoms with Crippen molar-refractivity contribution in [2.75, 3.05) is 16.2 Å². The van der Waals surface area contributed by atoms with E-state index in [0.717, 1.165) is 12.1 Å². The highest BCUT2D eigenvalue weighted by Gasteiger charge is 2.20. The Morgan fingerprint density at radius 2 is 1.68 bits per heavy atom. The van der Waals surface area contributed by atoms with Crippen molar-refractivity contribution in [2.24, 2.45) is 0 Å².